The van der Waals surface area contributed by atoms with Gasteiger partial charge in [-0.3, -0.25) is 4.57 Å². The fourth-order valence-electron chi connectivity index (χ4n) is 2.69. The second-order valence-electron chi connectivity index (χ2n) is 6.29. The summed E-state index contributed by atoms with van der Waals surface area (Å²) in [6.07, 6.45) is -0.426. The zero-order chi connectivity index (χ0) is 19.0. The van der Waals surface area contributed by atoms with Crippen molar-refractivity contribution in [2.24, 2.45) is 0 Å². The lowest BCUT2D eigenvalue weighted by Crippen LogP contribution is -2.31. The summed E-state index contributed by atoms with van der Waals surface area (Å²) < 4.78 is 12.3. The maximum atomic E-state index is 12.3. The van der Waals surface area contributed by atoms with Gasteiger partial charge >= 0.3 is 5.97 Å². The van der Waals surface area contributed by atoms with E-state index in [1.165, 1.54) is 6.07 Å². The fourth-order valence-corrected chi connectivity index (χ4v) is 4.39. The summed E-state index contributed by atoms with van der Waals surface area (Å²) in [7, 11) is -3.45. The second-order valence-corrected chi connectivity index (χ2v) is 8.66. The van der Waals surface area contributed by atoms with E-state index in [9.17, 15) is 19.4 Å². The Morgan fingerprint density at radius 1 is 1.08 bits per heavy atom. The summed E-state index contributed by atoms with van der Waals surface area (Å²) in [6, 6.07) is 15.7. The van der Waals surface area contributed by atoms with Gasteiger partial charge in [0.1, 0.15) is 0 Å². The Labute approximate surface area is 153 Å². The molecule has 2 unspecified atom stereocenters. The van der Waals surface area contributed by atoms with Crippen molar-refractivity contribution < 1.29 is 24.5 Å². The van der Waals surface area contributed by atoms with Gasteiger partial charge in [0, 0.05) is 12.7 Å². The van der Waals surface area contributed by atoms with E-state index in [4.69, 9.17) is 5.11 Å². The average molecular weight is 377 g/mol. The highest BCUT2D eigenvalue weighted by atomic mass is 31.2. The number of benzene rings is 2. The number of hydrogen-bond donors (Lipinski definition) is 4. The number of carbonyl (C=O) groups is 1. The summed E-state index contributed by atoms with van der Waals surface area (Å²) in [5.41, 5.74) is 1.89. The summed E-state index contributed by atoms with van der Waals surface area (Å²) in [5.74, 6) is -0.965. The Bertz CT molecular complexity index is 766. The maximum absolute atomic E-state index is 12.3. The molecule has 0 aliphatic carbocycles. The van der Waals surface area contributed by atoms with Crippen LogP contribution in [0.15, 0.2) is 54.6 Å². The summed E-state index contributed by atoms with van der Waals surface area (Å²) in [5, 5.41) is 22.0. The molecule has 0 aliphatic heterocycles. The molecule has 6 nitrogen and oxygen atoms in total. The van der Waals surface area contributed by atoms with Gasteiger partial charge in [0.15, 0.2) is 0 Å². The lowest BCUT2D eigenvalue weighted by molar-refractivity contribution is 0.0696. The zero-order valence-electron chi connectivity index (χ0n) is 14.4. The lowest BCUT2D eigenvalue weighted by Gasteiger charge is -2.17. The van der Waals surface area contributed by atoms with E-state index in [2.05, 4.69) is 5.32 Å². The minimum atomic E-state index is -3.45. The van der Waals surface area contributed by atoms with Gasteiger partial charge in [-0.25, -0.2) is 4.79 Å². The second kappa shape index (κ2) is 9.64. The molecule has 0 radical (unpaired) electrons. The number of nitrogens with one attached hydrogen (secondary N) is 1. The van der Waals surface area contributed by atoms with E-state index in [-0.39, 0.29) is 24.4 Å². The Hall–Kier alpha value is -1.98. The molecule has 0 amide bonds. The van der Waals surface area contributed by atoms with Gasteiger partial charge in [-0.15, -0.1) is 0 Å². The predicted octanol–water partition coefficient (Wildman–Crippen LogP) is 2.35. The van der Waals surface area contributed by atoms with Gasteiger partial charge in [0.2, 0.25) is 7.37 Å². The summed E-state index contributed by atoms with van der Waals surface area (Å²) in [6.45, 7) is 0.743. The van der Waals surface area contributed by atoms with Crippen LogP contribution in [0.2, 0.25) is 0 Å². The Balaban J connectivity index is 1.73. The Kier molecular flexibility index (Phi) is 7.54. The largest absolute Gasteiger partial charge is 0.478 e. The molecular formula is C19H24NO5P. The minimum absolute atomic E-state index is 0.0485. The quantitative estimate of drug-likeness (QED) is 0.374. The van der Waals surface area contributed by atoms with E-state index in [0.29, 0.717) is 13.0 Å². The number of hydrogen-bond acceptors (Lipinski definition) is 4. The highest BCUT2D eigenvalue weighted by molar-refractivity contribution is 7.57. The third-order valence-electron chi connectivity index (χ3n) is 3.91. The molecule has 4 N–H and O–H groups in total. The number of carboxylic acids is 1. The Morgan fingerprint density at radius 2 is 1.77 bits per heavy atom. The lowest BCUT2D eigenvalue weighted by atomic mass is 10.1. The van der Waals surface area contributed by atoms with Gasteiger partial charge in [0.05, 0.1) is 17.8 Å². The monoisotopic (exact) mass is 377 g/mol. The first-order chi connectivity index (χ1) is 12.4. The van der Waals surface area contributed by atoms with Crippen molar-refractivity contribution in [2.45, 2.75) is 18.7 Å². The van der Waals surface area contributed by atoms with Crippen LogP contribution in [0.25, 0.3) is 0 Å². The van der Waals surface area contributed by atoms with Gasteiger partial charge < -0.3 is 20.4 Å². The van der Waals surface area contributed by atoms with E-state index < -0.39 is 19.4 Å². The number of aliphatic hydroxyl groups is 1. The number of aliphatic hydroxyl groups excluding tert-OH is 1. The van der Waals surface area contributed by atoms with E-state index in [1.807, 2.05) is 24.3 Å². The molecule has 0 fully saturated rings. The van der Waals surface area contributed by atoms with Crippen LogP contribution >= 0.6 is 7.37 Å². The van der Waals surface area contributed by atoms with Crippen molar-refractivity contribution in [2.75, 3.05) is 19.3 Å². The molecule has 2 aromatic carbocycles. The number of carboxylic acid groups (broad SMARTS) is 1. The van der Waals surface area contributed by atoms with Gasteiger partial charge in [-0.05, 0) is 36.2 Å². The van der Waals surface area contributed by atoms with E-state index in [0.717, 1.165) is 11.1 Å². The van der Waals surface area contributed by atoms with E-state index >= 15 is 0 Å². The summed E-state index contributed by atoms with van der Waals surface area (Å²) in [4.78, 5) is 21.0. The first-order valence-electron chi connectivity index (χ1n) is 8.41. The molecule has 0 aliphatic rings. The van der Waals surface area contributed by atoms with Crippen molar-refractivity contribution in [3.8, 4) is 0 Å². The van der Waals surface area contributed by atoms with Gasteiger partial charge in [-0.2, -0.15) is 0 Å². The molecule has 7 heteroatoms. The van der Waals surface area contributed by atoms with Crippen molar-refractivity contribution >= 4 is 13.3 Å². The predicted molar refractivity (Wildman–Crippen MR) is 101 cm³/mol. The van der Waals surface area contributed by atoms with Gasteiger partial charge in [0.25, 0.3) is 0 Å². The van der Waals surface area contributed by atoms with Crippen LogP contribution in [-0.4, -0.2) is 46.4 Å². The first-order valence-corrected chi connectivity index (χ1v) is 10.4. The van der Waals surface area contributed by atoms with Crippen molar-refractivity contribution in [1.82, 2.24) is 5.32 Å². The average Bonchev–Trinajstić information content (AvgIpc) is 2.59. The van der Waals surface area contributed by atoms with Crippen molar-refractivity contribution in [1.29, 1.82) is 0 Å². The van der Waals surface area contributed by atoms with Crippen LogP contribution < -0.4 is 5.32 Å². The maximum Gasteiger partial charge on any atom is 0.335 e. The fraction of sp³-hybridized carbons (Fsp3) is 0.316. The highest BCUT2D eigenvalue weighted by Crippen LogP contribution is 2.44. The first kappa shape index (κ1) is 20.3. The minimum Gasteiger partial charge on any atom is -0.478 e. The molecule has 2 rings (SSSR count). The number of aromatic carboxylic acids is 1. The smallest absolute Gasteiger partial charge is 0.335 e. The molecule has 0 heterocycles. The third kappa shape index (κ3) is 7.10. The van der Waals surface area contributed by atoms with Crippen molar-refractivity contribution in [3.05, 3.63) is 71.3 Å². The molecule has 0 aromatic heterocycles. The highest BCUT2D eigenvalue weighted by Gasteiger charge is 2.23. The third-order valence-corrected chi connectivity index (χ3v) is 5.76. The summed E-state index contributed by atoms with van der Waals surface area (Å²) >= 11 is 0. The van der Waals surface area contributed by atoms with Crippen LogP contribution in [-0.2, 0) is 17.1 Å². The Morgan fingerprint density at radius 3 is 2.46 bits per heavy atom. The van der Waals surface area contributed by atoms with Crippen LogP contribution in [0.3, 0.4) is 0 Å². The van der Waals surface area contributed by atoms with E-state index in [1.54, 1.807) is 24.3 Å². The van der Waals surface area contributed by atoms with Crippen LogP contribution in [0.1, 0.15) is 21.5 Å². The zero-order valence-corrected chi connectivity index (χ0v) is 15.3. The molecule has 140 valence electrons. The van der Waals surface area contributed by atoms with Crippen LogP contribution in [0.4, 0.5) is 0 Å². The topological polar surface area (TPSA) is 107 Å². The molecule has 2 aromatic rings. The van der Waals surface area contributed by atoms with Crippen molar-refractivity contribution in [3.63, 3.8) is 0 Å². The SMILES string of the molecule is O=C(O)c1cccc(CCNCC(O)CP(=O)(O)Cc2ccccc2)c1. The molecule has 0 saturated carbocycles. The molecule has 2 atom stereocenters. The molecular weight excluding hydrogens is 353 g/mol. The van der Waals surface area contributed by atoms with Crippen LogP contribution in [0, 0.1) is 0 Å². The van der Waals surface area contributed by atoms with Crippen LogP contribution in [0.5, 0.6) is 0 Å². The standard InChI is InChI=1S/C19H24NO5P/c21-18(14-26(24,25)13-16-5-2-1-3-6-16)12-20-10-9-15-7-4-8-17(11-15)19(22)23/h1-8,11,18,20-21H,9-10,12-14H2,(H,22,23)(H,24,25). The molecule has 0 bridgehead atoms. The molecule has 0 saturated heterocycles. The molecule has 26 heavy (non-hydrogen) atoms. The van der Waals surface area contributed by atoms with Gasteiger partial charge in [-0.1, -0.05) is 42.5 Å². The molecule has 0 spiro atoms. The number of rotatable bonds is 10. The normalized spacial score (nSPS) is 14.5.